The summed E-state index contributed by atoms with van der Waals surface area (Å²) in [6, 6.07) is 4.56. The van der Waals surface area contributed by atoms with Crippen LogP contribution >= 0.6 is 22.9 Å². The average molecular weight is 630 g/mol. The summed E-state index contributed by atoms with van der Waals surface area (Å²) in [5, 5.41) is 3.18. The lowest BCUT2D eigenvalue weighted by Crippen LogP contribution is -2.34. The largest absolute Gasteiger partial charge is 0.420 e. The molecular formula is C26H24ClF4N5O3S2. The van der Waals surface area contributed by atoms with Crippen molar-refractivity contribution in [3.63, 3.8) is 0 Å². The van der Waals surface area contributed by atoms with Gasteiger partial charge in [0, 0.05) is 38.4 Å². The summed E-state index contributed by atoms with van der Waals surface area (Å²) in [7, 11) is -3.90. The van der Waals surface area contributed by atoms with Crippen LogP contribution in [-0.2, 0) is 29.0 Å². The third-order valence-corrected chi connectivity index (χ3v) is 10.7. The zero-order chi connectivity index (χ0) is 29.1. The number of hydrogen-bond acceptors (Lipinski definition) is 8. The first-order valence-electron chi connectivity index (χ1n) is 12.9. The van der Waals surface area contributed by atoms with Gasteiger partial charge in [-0.2, -0.15) is 13.2 Å². The average Bonchev–Trinajstić information content (AvgIpc) is 3.65. The van der Waals surface area contributed by atoms with Crippen molar-refractivity contribution in [2.45, 2.75) is 42.9 Å². The molecule has 1 N–H and O–H groups in total. The van der Waals surface area contributed by atoms with E-state index in [0.717, 1.165) is 30.0 Å². The van der Waals surface area contributed by atoms with Gasteiger partial charge in [-0.3, -0.25) is 9.69 Å². The fourth-order valence-electron chi connectivity index (χ4n) is 5.17. The van der Waals surface area contributed by atoms with Gasteiger partial charge in [0.15, 0.2) is 9.84 Å². The first-order chi connectivity index (χ1) is 19.4. The Kier molecular flexibility index (Phi) is 7.23. The summed E-state index contributed by atoms with van der Waals surface area (Å²) >= 11 is 7.16. The molecule has 0 bridgehead atoms. The zero-order valence-corrected chi connectivity index (χ0v) is 23.9. The highest BCUT2D eigenvalue weighted by molar-refractivity contribution is 7.91. The molecule has 1 saturated carbocycles. The number of fused-ring (bicyclic) bond motifs is 2. The number of thiophene rings is 1. The number of anilines is 2. The molecule has 4 heterocycles. The second-order valence-corrected chi connectivity index (χ2v) is 13.8. The minimum atomic E-state index is -4.84. The number of halogens is 5. The lowest BCUT2D eigenvalue weighted by Gasteiger charge is -2.28. The minimum absolute atomic E-state index is 0.0490. The first kappa shape index (κ1) is 28.3. The van der Waals surface area contributed by atoms with Crippen molar-refractivity contribution in [2.75, 3.05) is 37.4 Å². The van der Waals surface area contributed by atoms with Crippen LogP contribution in [0.5, 0.6) is 0 Å². The Hall–Kier alpha value is -2.81. The molecule has 8 nitrogen and oxygen atoms in total. The van der Waals surface area contributed by atoms with Crippen molar-refractivity contribution < 1.29 is 30.8 Å². The number of alkyl halides is 4. The highest BCUT2D eigenvalue weighted by atomic mass is 35.5. The van der Waals surface area contributed by atoms with Crippen LogP contribution in [0.15, 0.2) is 29.3 Å². The number of carbonyl (C=O) groups is 1. The van der Waals surface area contributed by atoms with Gasteiger partial charge in [-0.1, -0.05) is 11.6 Å². The molecule has 1 aromatic carbocycles. The van der Waals surface area contributed by atoms with Crippen LogP contribution in [0, 0.1) is 0 Å². The van der Waals surface area contributed by atoms with E-state index < -0.39 is 39.9 Å². The Balaban J connectivity index is 1.38. The van der Waals surface area contributed by atoms with E-state index in [2.05, 4.69) is 15.3 Å². The molecule has 1 aliphatic carbocycles. The standard InChI is InChI=1S/C26H24ClF4N5O3S2/c27-18-9-15-13-35(6-4-28)5-3-14(15)10-19(18)33-25-32-12-17(26(29,30)31)22(34-25)20-11-21-23(40-20)24(37)36(16-1-2-16)7-8-41(21,38)39/h9-12,16H,1-8,13H2,(H,32,33,34). The number of nitrogens with zero attached hydrogens (tertiary/aromatic N) is 4. The zero-order valence-electron chi connectivity index (χ0n) is 21.5. The predicted molar refractivity (Wildman–Crippen MR) is 146 cm³/mol. The van der Waals surface area contributed by atoms with Gasteiger partial charge in [0.1, 0.15) is 17.1 Å². The monoisotopic (exact) mass is 629 g/mol. The quantitative estimate of drug-likeness (QED) is 0.368. The maximum atomic E-state index is 14.0. The van der Waals surface area contributed by atoms with Gasteiger partial charge in [-0.15, -0.1) is 11.3 Å². The van der Waals surface area contributed by atoms with Crippen molar-refractivity contribution >= 4 is 50.3 Å². The molecule has 15 heteroatoms. The molecular weight excluding hydrogens is 606 g/mol. The normalized spacial score (nSPS) is 19.0. The van der Waals surface area contributed by atoms with Crippen molar-refractivity contribution in [3.8, 4) is 10.6 Å². The van der Waals surface area contributed by atoms with Crippen molar-refractivity contribution in [1.29, 1.82) is 0 Å². The molecule has 1 amide bonds. The van der Waals surface area contributed by atoms with Gasteiger partial charge in [-0.05, 0) is 48.6 Å². The van der Waals surface area contributed by atoms with Crippen LogP contribution in [0.25, 0.3) is 10.6 Å². The van der Waals surface area contributed by atoms with E-state index >= 15 is 0 Å². The van der Waals surface area contributed by atoms with Crippen LogP contribution in [0.2, 0.25) is 5.02 Å². The summed E-state index contributed by atoms with van der Waals surface area (Å²) < 4.78 is 80.9. The molecule has 3 aliphatic rings. The smallest absolute Gasteiger partial charge is 0.334 e. The Morgan fingerprint density at radius 1 is 1.15 bits per heavy atom. The van der Waals surface area contributed by atoms with E-state index in [9.17, 15) is 30.8 Å². The molecule has 218 valence electrons. The van der Waals surface area contributed by atoms with Gasteiger partial charge in [0.2, 0.25) is 5.95 Å². The molecule has 0 atom stereocenters. The van der Waals surface area contributed by atoms with Gasteiger partial charge >= 0.3 is 6.18 Å². The highest BCUT2D eigenvalue weighted by Gasteiger charge is 2.41. The Morgan fingerprint density at radius 2 is 1.93 bits per heavy atom. The third-order valence-electron chi connectivity index (χ3n) is 7.43. The van der Waals surface area contributed by atoms with E-state index in [1.54, 1.807) is 12.1 Å². The van der Waals surface area contributed by atoms with Crippen molar-refractivity contribution in [1.82, 2.24) is 19.8 Å². The SMILES string of the molecule is O=C1c2sc(-c3nc(Nc4cc5c(cc4Cl)CN(CCF)CC5)ncc3C(F)(F)F)cc2S(=O)(=O)CCN1C1CC1. The number of rotatable bonds is 6. The van der Waals surface area contributed by atoms with E-state index in [-0.39, 0.29) is 44.0 Å². The van der Waals surface area contributed by atoms with E-state index in [0.29, 0.717) is 49.3 Å². The van der Waals surface area contributed by atoms with Gasteiger partial charge in [-0.25, -0.2) is 22.8 Å². The molecule has 2 aromatic heterocycles. The fourth-order valence-corrected chi connectivity index (χ4v) is 8.32. The van der Waals surface area contributed by atoms with E-state index in [1.807, 2.05) is 4.90 Å². The molecule has 0 saturated heterocycles. The molecule has 1 fully saturated rings. The molecule has 2 aliphatic heterocycles. The number of nitrogens with one attached hydrogen (secondary N) is 1. The topological polar surface area (TPSA) is 95.5 Å². The summed E-state index contributed by atoms with van der Waals surface area (Å²) in [4.78, 5) is 24.2. The number of aromatic nitrogens is 2. The van der Waals surface area contributed by atoms with Crippen LogP contribution < -0.4 is 5.32 Å². The second kappa shape index (κ2) is 10.5. The molecule has 0 unspecified atom stereocenters. The van der Waals surface area contributed by atoms with Gasteiger partial charge < -0.3 is 10.2 Å². The second-order valence-electron chi connectivity index (χ2n) is 10.2. The Labute approximate surface area is 242 Å². The molecule has 0 spiro atoms. The summed E-state index contributed by atoms with van der Waals surface area (Å²) in [5.41, 5.74) is 0.582. The van der Waals surface area contributed by atoms with Crippen molar-refractivity contribution in [3.05, 3.63) is 51.0 Å². The Bertz CT molecular complexity index is 1640. The van der Waals surface area contributed by atoms with Crippen LogP contribution in [0.1, 0.15) is 39.2 Å². The van der Waals surface area contributed by atoms with Crippen LogP contribution in [0.4, 0.5) is 29.2 Å². The molecule has 3 aromatic rings. The van der Waals surface area contributed by atoms with Crippen molar-refractivity contribution in [2.24, 2.45) is 0 Å². The maximum absolute atomic E-state index is 14.0. The number of hydrogen-bond donors (Lipinski definition) is 1. The summed E-state index contributed by atoms with van der Waals surface area (Å²) in [6.07, 6.45) is -2.04. The van der Waals surface area contributed by atoms with Gasteiger partial charge in [0.05, 0.1) is 31.9 Å². The Morgan fingerprint density at radius 3 is 2.63 bits per heavy atom. The fraction of sp³-hybridized carbons (Fsp3) is 0.423. The lowest BCUT2D eigenvalue weighted by atomic mass is 9.99. The summed E-state index contributed by atoms with van der Waals surface area (Å²) in [5.74, 6) is -0.974. The molecule has 0 radical (unpaired) electrons. The minimum Gasteiger partial charge on any atom is -0.334 e. The van der Waals surface area contributed by atoms with Gasteiger partial charge in [0.25, 0.3) is 5.91 Å². The number of carbonyl (C=O) groups excluding carboxylic acids is 1. The third kappa shape index (κ3) is 5.54. The van der Waals surface area contributed by atoms with Crippen LogP contribution in [0.3, 0.4) is 0 Å². The first-order valence-corrected chi connectivity index (χ1v) is 15.8. The number of sulfone groups is 1. The van der Waals surface area contributed by atoms with E-state index in [4.69, 9.17) is 11.6 Å². The maximum Gasteiger partial charge on any atom is 0.420 e. The predicted octanol–water partition coefficient (Wildman–Crippen LogP) is 5.34. The number of benzene rings is 1. The van der Waals surface area contributed by atoms with Crippen LogP contribution in [-0.4, -0.2) is 72.2 Å². The highest BCUT2D eigenvalue weighted by Crippen LogP contribution is 2.43. The summed E-state index contributed by atoms with van der Waals surface area (Å²) in [6.45, 7) is 1.09. The van der Waals surface area contributed by atoms with E-state index in [1.165, 1.54) is 4.90 Å². The number of amides is 1. The molecule has 6 rings (SSSR count). The molecule has 41 heavy (non-hydrogen) atoms. The lowest BCUT2D eigenvalue weighted by molar-refractivity contribution is -0.137.